The zero-order valence-electron chi connectivity index (χ0n) is 6.33. The van der Waals surface area contributed by atoms with Crippen molar-refractivity contribution in [3.8, 4) is 0 Å². The van der Waals surface area contributed by atoms with E-state index in [0.717, 1.165) is 5.57 Å². The van der Waals surface area contributed by atoms with Gasteiger partial charge in [-0.25, -0.2) is 0 Å². The Bertz CT molecular complexity index is 209. The van der Waals surface area contributed by atoms with Crippen molar-refractivity contribution in [2.75, 3.05) is 0 Å². The lowest BCUT2D eigenvalue weighted by molar-refractivity contribution is 0.423. The van der Waals surface area contributed by atoms with Crippen molar-refractivity contribution in [3.05, 3.63) is 35.6 Å². The second-order valence-corrected chi connectivity index (χ2v) is 2.65. The third kappa shape index (κ3) is 1.50. The van der Waals surface area contributed by atoms with Crippen molar-refractivity contribution >= 4 is 0 Å². The van der Waals surface area contributed by atoms with Crippen molar-refractivity contribution in [3.63, 3.8) is 0 Å². The number of aliphatic hydroxyl groups is 1. The Morgan fingerprint density at radius 2 is 2.20 bits per heavy atom. The predicted octanol–water partition coefficient (Wildman–Crippen LogP) is 2.58. The van der Waals surface area contributed by atoms with E-state index in [1.165, 1.54) is 0 Å². The summed E-state index contributed by atoms with van der Waals surface area (Å²) in [6, 6.07) is 0. The lowest BCUT2D eigenvalue weighted by Crippen LogP contribution is -1.85. The quantitative estimate of drug-likeness (QED) is 0.542. The van der Waals surface area contributed by atoms with Crippen molar-refractivity contribution in [2.24, 2.45) is 5.92 Å². The first kappa shape index (κ1) is 7.13. The molecule has 1 N–H and O–H groups in total. The van der Waals surface area contributed by atoms with Crippen LogP contribution >= 0.6 is 0 Å². The fourth-order valence-corrected chi connectivity index (χ4v) is 0.989. The molecule has 0 aromatic heterocycles. The average Bonchev–Trinajstić information content (AvgIpc) is 1.96. The molecule has 54 valence electrons. The third-order valence-electron chi connectivity index (χ3n) is 1.59. The maximum Gasteiger partial charge on any atom is 0.118 e. The SMILES string of the molecule is CC1=CC(C)C=CC=C1O. The summed E-state index contributed by atoms with van der Waals surface area (Å²) in [6.07, 6.45) is 7.68. The van der Waals surface area contributed by atoms with Crippen LogP contribution in [0.3, 0.4) is 0 Å². The van der Waals surface area contributed by atoms with Crippen LogP contribution in [-0.2, 0) is 0 Å². The van der Waals surface area contributed by atoms with Crippen LogP contribution in [0.1, 0.15) is 13.8 Å². The summed E-state index contributed by atoms with van der Waals surface area (Å²) in [4.78, 5) is 0. The number of hydrogen-bond donors (Lipinski definition) is 1. The van der Waals surface area contributed by atoms with E-state index in [4.69, 9.17) is 0 Å². The Morgan fingerprint density at radius 1 is 1.50 bits per heavy atom. The van der Waals surface area contributed by atoms with Gasteiger partial charge < -0.3 is 5.11 Å². The van der Waals surface area contributed by atoms with Crippen molar-refractivity contribution < 1.29 is 5.11 Å². The van der Waals surface area contributed by atoms with Crippen molar-refractivity contribution in [2.45, 2.75) is 13.8 Å². The largest absolute Gasteiger partial charge is 0.508 e. The highest BCUT2D eigenvalue weighted by molar-refractivity contribution is 5.30. The number of aliphatic hydroxyl groups excluding tert-OH is 1. The van der Waals surface area contributed by atoms with E-state index >= 15 is 0 Å². The highest BCUT2D eigenvalue weighted by atomic mass is 16.3. The Morgan fingerprint density at radius 3 is 2.90 bits per heavy atom. The van der Waals surface area contributed by atoms with Gasteiger partial charge in [0, 0.05) is 0 Å². The van der Waals surface area contributed by atoms with Crippen LogP contribution in [0, 0.1) is 5.92 Å². The molecule has 0 aromatic carbocycles. The molecule has 1 aliphatic rings. The Kier molecular flexibility index (Phi) is 1.95. The van der Waals surface area contributed by atoms with Gasteiger partial charge in [-0.2, -0.15) is 0 Å². The molecule has 0 aliphatic heterocycles. The first-order chi connectivity index (χ1) is 4.70. The molecule has 0 amide bonds. The lowest BCUT2D eigenvalue weighted by atomic mass is 10.1. The van der Waals surface area contributed by atoms with Gasteiger partial charge in [0.2, 0.25) is 0 Å². The van der Waals surface area contributed by atoms with Crippen LogP contribution in [0.25, 0.3) is 0 Å². The van der Waals surface area contributed by atoms with E-state index in [2.05, 4.69) is 6.92 Å². The van der Waals surface area contributed by atoms with E-state index in [-0.39, 0.29) is 0 Å². The van der Waals surface area contributed by atoms with Gasteiger partial charge in [-0.3, -0.25) is 0 Å². The molecule has 0 fully saturated rings. The van der Waals surface area contributed by atoms with Gasteiger partial charge in [-0.1, -0.05) is 25.2 Å². The average molecular weight is 136 g/mol. The van der Waals surface area contributed by atoms with Gasteiger partial charge in [0.1, 0.15) is 5.76 Å². The molecule has 0 saturated carbocycles. The second-order valence-electron chi connectivity index (χ2n) is 2.65. The molecule has 1 heteroatoms. The molecular weight excluding hydrogens is 124 g/mol. The van der Waals surface area contributed by atoms with Gasteiger partial charge in [0.25, 0.3) is 0 Å². The van der Waals surface area contributed by atoms with E-state index in [0.29, 0.717) is 11.7 Å². The molecule has 1 nitrogen and oxygen atoms in total. The monoisotopic (exact) mass is 136 g/mol. The molecule has 1 atom stereocenters. The maximum atomic E-state index is 9.22. The molecule has 10 heavy (non-hydrogen) atoms. The number of allylic oxidation sites excluding steroid dienone is 5. The summed E-state index contributed by atoms with van der Waals surface area (Å²) in [7, 11) is 0. The van der Waals surface area contributed by atoms with Crippen molar-refractivity contribution in [1.29, 1.82) is 0 Å². The van der Waals surface area contributed by atoms with Crippen LogP contribution in [0.5, 0.6) is 0 Å². The van der Waals surface area contributed by atoms with E-state index < -0.39 is 0 Å². The fraction of sp³-hybridized carbons (Fsp3) is 0.333. The van der Waals surface area contributed by atoms with Crippen LogP contribution in [0.4, 0.5) is 0 Å². The summed E-state index contributed by atoms with van der Waals surface area (Å²) >= 11 is 0. The van der Waals surface area contributed by atoms with Crippen LogP contribution in [0.2, 0.25) is 0 Å². The smallest absolute Gasteiger partial charge is 0.118 e. The first-order valence-electron chi connectivity index (χ1n) is 3.46. The fourth-order valence-electron chi connectivity index (χ4n) is 0.989. The summed E-state index contributed by atoms with van der Waals surface area (Å²) in [5.41, 5.74) is 0.956. The topological polar surface area (TPSA) is 20.2 Å². The van der Waals surface area contributed by atoms with Crippen LogP contribution < -0.4 is 0 Å². The molecule has 1 unspecified atom stereocenters. The summed E-state index contributed by atoms with van der Waals surface area (Å²) in [5.74, 6) is 0.807. The molecule has 0 radical (unpaired) electrons. The molecule has 0 saturated heterocycles. The lowest BCUT2D eigenvalue weighted by Gasteiger charge is -1.98. The van der Waals surface area contributed by atoms with Gasteiger partial charge in [0.05, 0.1) is 0 Å². The summed E-state index contributed by atoms with van der Waals surface area (Å²) < 4.78 is 0. The van der Waals surface area contributed by atoms with Crippen molar-refractivity contribution in [1.82, 2.24) is 0 Å². The minimum atomic E-state index is 0.376. The highest BCUT2D eigenvalue weighted by Crippen LogP contribution is 2.14. The Labute approximate surface area is 61.4 Å². The molecule has 0 spiro atoms. The van der Waals surface area contributed by atoms with Gasteiger partial charge in [-0.05, 0) is 24.5 Å². The minimum absolute atomic E-state index is 0.376. The maximum absolute atomic E-state index is 9.22. The first-order valence-corrected chi connectivity index (χ1v) is 3.46. The summed E-state index contributed by atoms with van der Waals surface area (Å²) in [5, 5.41) is 9.22. The van der Waals surface area contributed by atoms with Gasteiger partial charge in [-0.15, -0.1) is 0 Å². The molecule has 1 aliphatic carbocycles. The van der Waals surface area contributed by atoms with Gasteiger partial charge in [0.15, 0.2) is 0 Å². The minimum Gasteiger partial charge on any atom is -0.508 e. The highest BCUT2D eigenvalue weighted by Gasteiger charge is 2.00. The van der Waals surface area contributed by atoms with Crippen LogP contribution in [-0.4, -0.2) is 5.11 Å². The van der Waals surface area contributed by atoms with Crippen LogP contribution in [0.15, 0.2) is 35.6 Å². The number of rotatable bonds is 0. The summed E-state index contributed by atoms with van der Waals surface area (Å²) in [6.45, 7) is 4.00. The van der Waals surface area contributed by atoms with E-state index in [1.807, 2.05) is 25.2 Å². The molecule has 0 aromatic rings. The van der Waals surface area contributed by atoms with E-state index in [9.17, 15) is 5.11 Å². The zero-order chi connectivity index (χ0) is 7.56. The normalized spacial score (nSPS) is 25.2. The van der Waals surface area contributed by atoms with E-state index in [1.54, 1.807) is 6.08 Å². The zero-order valence-corrected chi connectivity index (χ0v) is 6.33. The predicted molar refractivity (Wildman–Crippen MR) is 42.8 cm³/mol. The Balaban J connectivity index is 2.90. The number of hydrogen-bond acceptors (Lipinski definition) is 1. The standard InChI is InChI=1S/C9H12O/c1-7-4-3-5-9(10)8(2)6-7/h3-7,10H,1-2H3. The molecule has 0 heterocycles. The molecule has 1 rings (SSSR count). The van der Waals surface area contributed by atoms with Gasteiger partial charge >= 0.3 is 0 Å². The third-order valence-corrected chi connectivity index (χ3v) is 1.59. The Hall–Kier alpha value is -0.980. The second kappa shape index (κ2) is 2.74. The molecular formula is C9H12O. The molecule has 0 bridgehead atoms.